The first-order valence-corrected chi connectivity index (χ1v) is 4.19. The van der Waals surface area contributed by atoms with Crippen LogP contribution in [0.2, 0.25) is 0 Å². The zero-order valence-electron chi connectivity index (χ0n) is 7.27. The van der Waals surface area contributed by atoms with Crippen molar-refractivity contribution in [2.45, 2.75) is 19.3 Å². The third kappa shape index (κ3) is 1.39. The van der Waals surface area contributed by atoms with E-state index in [-0.39, 0.29) is 11.8 Å². The van der Waals surface area contributed by atoms with Crippen LogP contribution in [0.4, 0.5) is 0 Å². The fourth-order valence-electron chi connectivity index (χ4n) is 1.58. The summed E-state index contributed by atoms with van der Waals surface area (Å²) in [6.45, 7) is 1.88. The second-order valence-electron chi connectivity index (χ2n) is 3.35. The molecule has 1 saturated carbocycles. The minimum Gasteiger partial charge on any atom is -0.481 e. The van der Waals surface area contributed by atoms with Crippen molar-refractivity contribution in [1.82, 2.24) is 9.97 Å². The van der Waals surface area contributed by atoms with E-state index in [0.29, 0.717) is 0 Å². The molecule has 0 amide bonds. The monoisotopic (exact) mass is 178 g/mol. The van der Waals surface area contributed by atoms with Crippen molar-refractivity contribution in [3.63, 3.8) is 0 Å². The fourth-order valence-corrected chi connectivity index (χ4v) is 1.58. The van der Waals surface area contributed by atoms with Crippen LogP contribution in [0.25, 0.3) is 0 Å². The molecule has 0 aliphatic heterocycles. The van der Waals surface area contributed by atoms with Gasteiger partial charge in [-0.3, -0.25) is 4.79 Å². The molecule has 13 heavy (non-hydrogen) atoms. The summed E-state index contributed by atoms with van der Waals surface area (Å²) in [5.74, 6) is -0.795. The number of carboxylic acids is 1. The fraction of sp³-hybridized carbons (Fsp3) is 0.444. The Kier molecular flexibility index (Phi) is 1.76. The molecule has 1 fully saturated rings. The second kappa shape index (κ2) is 2.80. The van der Waals surface area contributed by atoms with Crippen molar-refractivity contribution in [3.8, 4) is 0 Å². The summed E-state index contributed by atoms with van der Waals surface area (Å²) in [5, 5.41) is 8.74. The van der Waals surface area contributed by atoms with Crippen LogP contribution >= 0.6 is 0 Å². The maximum Gasteiger partial charge on any atom is 0.307 e. The van der Waals surface area contributed by atoms with Gasteiger partial charge in [0.05, 0.1) is 5.92 Å². The summed E-state index contributed by atoms with van der Waals surface area (Å²) >= 11 is 0. The Labute approximate surface area is 75.6 Å². The Morgan fingerprint density at radius 1 is 1.69 bits per heavy atom. The number of aliphatic carboxylic acids is 1. The van der Waals surface area contributed by atoms with Gasteiger partial charge in [0, 0.05) is 17.8 Å². The Hall–Kier alpha value is -1.45. The predicted molar refractivity (Wildman–Crippen MR) is 45.3 cm³/mol. The van der Waals surface area contributed by atoms with Gasteiger partial charge in [0.1, 0.15) is 6.33 Å². The highest BCUT2D eigenvalue weighted by Gasteiger charge is 2.45. The summed E-state index contributed by atoms with van der Waals surface area (Å²) < 4.78 is 0. The average molecular weight is 178 g/mol. The number of hydrogen-bond donors (Lipinski definition) is 1. The minimum absolute atomic E-state index is 0.138. The number of aromatic nitrogens is 2. The van der Waals surface area contributed by atoms with Crippen molar-refractivity contribution < 1.29 is 9.90 Å². The largest absolute Gasteiger partial charge is 0.481 e. The first-order chi connectivity index (χ1) is 6.20. The molecule has 1 aliphatic rings. The summed E-state index contributed by atoms with van der Waals surface area (Å²) in [5.41, 5.74) is 1.87. The number of carboxylic acid groups (broad SMARTS) is 1. The standard InChI is InChI=1S/C9H10N2O2/c1-5-8(3-10-4-11-5)6-2-7(6)9(12)13/h3-4,6-7H,2H2,1H3,(H,12,13). The number of carbonyl (C=O) groups is 1. The zero-order chi connectivity index (χ0) is 9.42. The quantitative estimate of drug-likeness (QED) is 0.733. The molecule has 4 heteroatoms. The van der Waals surface area contributed by atoms with Gasteiger partial charge in [0.25, 0.3) is 0 Å². The zero-order valence-corrected chi connectivity index (χ0v) is 7.27. The smallest absolute Gasteiger partial charge is 0.307 e. The molecule has 1 heterocycles. The molecule has 0 radical (unpaired) electrons. The van der Waals surface area contributed by atoms with Gasteiger partial charge >= 0.3 is 5.97 Å². The molecule has 1 aliphatic carbocycles. The van der Waals surface area contributed by atoms with Crippen molar-refractivity contribution >= 4 is 5.97 Å². The van der Waals surface area contributed by atoms with Crippen LogP contribution in [0.1, 0.15) is 23.6 Å². The van der Waals surface area contributed by atoms with Crippen LogP contribution in [0.15, 0.2) is 12.5 Å². The van der Waals surface area contributed by atoms with Gasteiger partial charge in [0.2, 0.25) is 0 Å². The van der Waals surface area contributed by atoms with Crippen LogP contribution in [0.5, 0.6) is 0 Å². The molecule has 1 aromatic heterocycles. The van der Waals surface area contributed by atoms with E-state index < -0.39 is 5.97 Å². The van der Waals surface area contributed by atoms with Crippen LogP contribution < -0.4 is 0 Å². The summed E-state index contributed by atoms with van der Waals surface area (Å²) in [7, 11) is 0. The average Bonchev–Trinajstić information content (AvgIpc) is 2.84. The lowest BCUT2D eigenvalue weighted by Crippen LogP contribution is -2.00. The number of hydrogen-bond acceptors (Lipinski definition) is 3. The Morgan fingerprint density at radius 2 is 2.46 bits per heavy atom. The van der Waals surface area contributed by atoms with Gasteiger partial charge in [-0.05, 0) is 18.9 Å². The molecular formula is C9H10N2O2. The second-order valence-corrected chi connectivity index (χ2v) is 3.35. The van der Waals surface area contributed by atoms with Crippen molar-refractivity contribution in [1.29, 1.82) is 0 Å². The molecule has 0 bridgehead atoms. The molecule has 2 atom stereocenters. The highest BCUT2D eigenvalue weighted by molar-refractivity contribution is 5.75. The lowest BCUT2D eigenvalue weighted by molar-refractivity contribution is -0.138. The molecule has 2 rings (SSSR count). The van der Waals surface area contributed by atoms with E-state index in [9.17, 15) is 4.79 Å². The van der Waals surface area contributed by atoms with Crippen LogP contribution in [-0.2, 0) is 4.79 Å². The van der Waals surface area contributed by atoms with E-state index in [1.54, 1.807) is 6.20 Å². The molecule has 4 nitrogen and oxygen atoms in total. The summed E-state index contributed by atoms with van der Waals surface area (Å²) in [4.78, 5) is 18.5. The maximum absolute atomic E-state index is 10.6. The van der Waals surface area contributed by atoms with Crippen molar-refractivity contribution in [2.75, 3.05) is 0 Å². The first-order valence-electron chi connectivity index (χ1n) is 4.19. The highest BCUT2D eigenvalue weighted by Crippen LogP contribution is 2.47. The van der Waals surface area contributed by atoms with Crippen molar-refractivity contribution in [3.05, 3.63) is 23.8 Å². The molecule has 68 valence electrons. The summed E-state index contributed by atoms with van der Waals surface area (Å²) in [6.07, 6.45) is 3.93. The number of nitrogens with zero attached hydrogens (tertiary/aromatic N) is 2. The normalized spacial score (nSPS) is 25.6. The predicted octanol–water partition coefficient (Wildman–Crippen LogP) is 0.973. The Morgan fingerprint density at radius 3 is 3.00 bits per heavy atom. The number of aryl methyl sites for hydroxylation is 1. The van der Waals surface area contributed by atoms with Crippen molar-refractivity contribution in [2.24, 2.45) is 5.92 Å². The van der Waals surface area contributed by atoms with Gasteiger partial charge in [-0.15, -0.1) is 0 Å². The van der Waals surface area contributed by atoms with E-state index >= 15 is 0 Å². The lowest BCUT2D eigenvalue weighted by Gasteiger charge is -2.00. The number of rotatable bonds is 2. The van der Waals surface area contributed by atoms with Gasteiger partial charge in [0.15, 0.2) is 0 Å². The van der Waals surface area contributed by atoms with E-state index in [1.165, 1.54) is 6.33 Å². The minimum atomic E-state index is -0.715. The van der Waals surface area contributed by atoms with Crippen LogP contribution in [0.3, 0.4) is 0 Å². The van der Waals surface area contributed by atoms with Gasteiger partial charge in [-0.2, -0.15) is 0 Å². The maximum atomic E-state index is 10.6. The molecule has 1 N–H and O–H groups in total. The molecule has 0 spiro atoms. The SMILES string of the molecule is Cc1ncncc1C1CC1C(=O)O. The van der Waals surface area contributed by atoms with E-state index in [0.717, 1.165) is 17.7 Å². The Bertz CT molecular complexity index is 351. The van der Waals surface area contributed by atoms with Gasteiger partial charge in [-0.1, -0.05) is 0 Å². The molecule has 2 unspecified atom stereocenters. The highest BCUT2D eigenvalue weighted by atomic mass is 16.4. The third-order valence-corrected chi connectivity index (χ3v) is 2.46. The topological polar surface area (TPSA) is 63.1 Å². The first kappa shape index (κ1) is 8.16. The molecule has 0 aromatic carbocycles. The van der Waals surface area contributed by atoms with Crippen LogP contribution in [0, 0.1) is 12.8 Å². The van der Waals surface area contributed by atoms with E-state index in [4.69, 9.17) is 5.11 Å². The lowest BCUT2D eigenvalue weighted by atomic mass is 10.1. The van der Waals surface area contributed by atoms with Gasteiger partial charge in [-0.25, -0.2) is 9.97 Å². The van der Waals surface area contributed by atoms with Crippen LogP contribution in [-0.4, -0.2) is 21.0 Å². The third-order valence-electron chi connectivity index (χ3n) is 2.46. The van der Waals surface area contributed by atoms with E-state index in [1.807, 2.05) is 6.92 Å². The molecular weight excluding hydrogens is 168 g/mol. The van der Waals surface area contributed by atoms with E-state index in [2.05, 4.69) is 9.97 Å². The van der Waals surface area contributed by atoms with Gasteiger partial charge < -0.3 is 5.11 Å². The Balaban J connectivity index is 2.21. The summed E-state index contributed by atoms with van der Waals surface area (Å²) in [6, 6.07) is 0. The molecule has 0 saturated heterocycles. The molecule has 1 aromatic rings.